The smallest absolute Gasteiger partial charge is 0.122 e. The molecule has 0 unspecified atom stereocenters. The molecule has 0 aromatic heterocycles. The number of aryl methyl sites for hydroxylation is 1. The lowest BCUT2D eigenvalue weighted by Gasteiger charge is -2.09. The molecule has 0 bridgehead atoms. The number of benzene rings is 2. The first-order valence-corrected chi connectivity index (χ1v) is 6.80. The van der Waals surface area contributed by atoms with E-state index in [0.29, 0.717) is 13.2 Å². The molecule has 2 rings (SSSR count). The number of ether oxygens (including phenoxy) is 2. The molecule has 108 valence electrons. The molecule has 0 radical (unpaired) electrons. The summed E-state index contributed by atoms with van der Waals surface area (Å²) in [6.07, 6.45) is 0. The monoisotopic (exact) mass is 282 g/mol. The van der Waals surface area contributed by atoms with Crippen molar-refractivity contribution >= 4 is 0 Å². The molecular formula is C18H18O3. The maximum Gasteiger partial charge on any atom is 0.122 e. The first-order valence-electron chi connectivity index (χ1n) is 6.80. The first-order chi connectivity index (χ1) is 10.3. The Bertz CT molecular complexity index is 624. The molecule has 0 amide bonds. The third-order valence-electron chi connectivity index (χ3n) is 2.86. The molecule has 21 heavy (non-hydrogen) atoms. The molecule has 0 fully saturated rings. The Labute approximate surface area is 125 Å². The lowest BCUT2D eigenvalue weighted by atomic mass is 10.1. The van der Waals surface area contributed by atoms with Crippen LogP contribution in [-0.2, 0) is 0 Å². The van der Waals surface area contributed by atoms with E-state index in [1.807, 2.05) is 55.5 Å². The number of hydrogen-bond acceptors (Lipinski definition) is 3. The predicted molar refractivity (Wildman–Crippen MR) is 82.6 cm³/mol. The Morgan fingerprint density at radius 2 is 1.67 bits per heavy atom. The van der Waals surface area contributed by atoms with Crippen LogP contribution in [0.5, 0.6) is 11.5 Å². The molecule has 0 saturated carbocycles. The van der Waals surface area contributed by atoms with Crippen molar-refractivity contribution in [3.8, 4) is 23.3 Å². The zero-order chi connectivity index (χ0) is 14.9. The van der Waals surface area contributed by atoms with E-state index in [0.717, 1.165) is 22.6 Å². The number of para-hydroxylation sites is 1. The average Bonchev–Trinajstić information content (AvgIpc) is 2.52. The highest BCUT2D eigenvalue weighted by molar-refractivity contribution is 5.44. The normalized spacial score (nSPS) is 9.62. The molecule has 0 atom stereocenters. The minimum Gasteiger partial charge on any atom is -0.490 e. The van der Waals surface area contributed by atoms with E-state index in [-0.39, 0.29) is 6.61 Å². The molecule has 2 aromatic rings. The van der Waals surface area contributed by atoms with Gasteiger partial charge in [0, 0.05) is 5.56 Å². The second-order valence-electron chi connectivity index (χ2n) is 4.45. The van der Waals surface area contributed by atoms with Crippen LogP contribution >= 0.6 is 0 Å². The van der Waals surface area contributed by atoms with Crippen molar-refractivity contribution in [3.63, 3.8) is 0 Å². The van der Waals surface area contributed by atoms with Gasteiger partial charge in [0.05, 0.1) is 0 Å². The highest BCUT2D eigenvalue weighted by Crippen LogP contribution is 2.16. The molecule has 1 N–H and O–H groups in total. The van der Waals surface area contributed by atoms with Gasteiger partial charge in [0.25, 0.3) is 0 Å². The topological polar surface area (TPSA) is 38.7 Å². The SMILES string of the molecule is Cc1cc(OCCOc2ccccc2)ccc1C#CCO. The van der Waals surface area contributed by atoms with Gasteiger partial charge in [0.2, 0.25) is 0 Å². The summed E-state index contributed by atoms with van der Waals surface area (Å²) in [5, 5.41) is 8.70. The van der Waals surface area contributed by atoms with Gasteiger partial charge in [-0.2, -0.15) is 0 Å². The van der Waals surface area contributed by atoms with Crippen LogP contribution in [0.2, 0.25) is 0 Å². The van der Waals surface area contributed by atoms with Gasteiger partial charge in [0.1, 0.15) is 31.3 Å². The summed E-state index contributed by atoms with van der Waals surface area (Å²) in [6.45, 7) is 2.81. The Hall–Kier alpha value is -2.44. The van der Waals surface area contributed by atoms with Crippen LogP contribution < -0.4 is 9.47 Å². The van der Waals surface area contributed by atoms with E-state index in [1.165, 1.54) is 0 Å². The van der Waals surface area contributed by atoms with E-state index in [1.54, 1.807) is 0 Å². The van der Waals surface area contributed by atoms with Crippen LogP contribution in [0.25, 0.3) is 0 Å². The standard InChI is InChI=1S/C18H18O3/c1-15-14-18(10-9-16(15)6-5-11-19)21-13-12-20-17-7-3-2-4-8-17/h2-4,7-10,14,19H,11-13H2,1H3. The van der Waals surface area contributed by atoms with Crippen molar-refractivity contribution < 1.29 is 14.6 Å². The van der Waals surface area contributed by atoms with Gasteiger partial charge < -0.3 is 14.6 Å². The summed E-state index contributed by atoms with van der Waals surface area (Å²) in [7, 11) is 0. The maximum atomic E-state index is 8.70. The van der Waals surface area contributed by atoms with Gasteiger partial charge in [-0.3, -0.25) is 0 Å². The van der Waals surface area contributed by atoms with Crippen LogP contribution in [0.3, 0.4) is 0 Å². The lowest BCUT2D eigenvalue weighted by molar-refractivity contribution is 0.217. The Morgan fingerprint density at radius 3 is 2.33 bits per heavy atom. The number of rotatable bonds is 5. The lowest BCUT2D eigenvalue weighted by Crippen LogP contribution is -2.09. The fourth-order valence-electron chi connectivity index (χ4n) is 1.84. The summed E-state index contributed by atoms with van der Waals surface area (Å²) >= 11 is 0. The minimum absolute atomic E-state index is 0.130. The van der Waals surface area contributed by atoms with Gasteiger partial charge in [0.15, 0.2) is 0 Å². The van der Waals surface area contributed by atoms with E-state index in [9.17, 15) is 0 Å². The molecule has 2 aromatic carbocycles. The predicted octanol–water partition coefficient (Wildman–Crippen LogP) is 2.80. The van der Waals surface area contributed by atoms with E-state index >= 15 is 0 Å². The number of hydrogen-bond donors (Lipinski definition) is 1. The van der Waals surface area contributed by atoms with Crippen molar-refractivity contribution in [2.45, 2.75) is 6.92 Å². The zero-order valence-electron chi connectivity index (χ0n) is 12.0. The van der Waals surface area contributed by atoms with Gasteiger partial charge >= 0.3 is 0 Å². The Kier molecular flexibility index (Phi) is 5.69. The van der Waals surface area contributed by atoms with E-state index < -0.39 is 0 Å². The third kappa shape index (κ3) is 4.87. The molecule has 0 aliphatic rings. The van der Waals surface area contributed by atoms with Crippen LogP contribution in [-0.4, -0.2) is 24.9 Å². The van der Waals surface area contributed by atoms with Gasteiger partial charge in [-0.25, -0.2) is 0 Å². The molecule has 3 heteroatoms. The van der Waals surface area contributed by atoms with Crippen molar-refractivity contribution in [1.82, 2.24) is 0 Å². The summed E-state index contributed by atoms with van der Waals surface area (Å²) in [4.78, 5) is 0. The minimum atomic E-state index is -0.130. The zero-order valence-corrected chi connectivity index (χ0v) is 12.0. The van der Waals surface area contributed by atoms with Crippen LogP contribution in [0.15, 0.2) is 48.5 Å². The average molecular weight is 282 g/mol. The molecular weight excluding hydrogens is 264 g/mol. The first kappa shape index (κ1) is 15.0. The molecule has 3 nitrogen and oxygen atoms in total. The number of aliphatic hydroxyl groups excluding tert-OH is 1. The van der Waals surface area contributed by atoms with Crippen molar-refractivity contribution in [2.24, 2.45) is 0 Å². The van der Waals surface area contributed by atoms with Crippen molar-refractivity contribution in [1.29, 1.82) is 0 Å². The second kappa shape index (κ2) is 7.98. The molecule has 0 aliphatic heterocycles. The molecule has 0 heterocycles. The summed E-state index contributed by atoms with van der Waals surface area (Å²) in [5.74, 6) is 7.17. The van der Waals surface area contributed by atoms with E-state index in [2.05, 4.69) is 11.8 Å². The van der Waals surface area contributed by atoms with Gasteiger partial charge in [-0.15, -0.1) is 0 Å². The summed E-state index contributed by atoms with van der Waals surface area (Å²) in [5.41, 5.74) is 1.93. The highest BCUT2D eigenvalue weighted by Gasteiger charge is 1.99. The fraction of sp³-hybridized carbons (Fsp3) is 0.222. The van der Waals surface area contributed by atoms with Gasteiger partial charge in [-0.05, 0) is 42.8 Å². The molecule has 0 saturated heterocycles. The van der Waals surface area contributed by atoms with Crippen molar-refractivity contribution in [3.05, 3.63) is 59.7 Å². The Balaban J connectivity index is 1.82. The van der Waals surface area contributed by atoms with Crippen LogP contribution in [0.4, 0.5) is 0 Å². The quantitative estimate of drug-likeness (QED) is 0.677. The molecule has 0 aliphatic carbocycles. The molecule has 0 spiro atoms. The summed E-state index contributed by atoms with van der Waals surface area (Å²) in [6, 6.07) is 15.4. The highest BCUT2D eigenvalue weighted by atomic mass is 16.5. The second-order valence-corrected chi connectivity index (χ2v) is 4.45. The van der Waals surface area contributed by atoms with Crippen LogP contribution in [0, 0.1) is 18.8 Å². The largest absolute Gasteiger partial charge is 0.490 e. The Morgan fingerprint density at radius 1 is 0.952 bits per heavy atom. The fourth-order valence-corrected chi connectivity index (χ4v) is 1.84. The van der Waals surface area contributed by atoms with Crippen molar-refractivity contribution in [2.75, 3.05) is 19.8 Å². The van der Waals surface area contributed by atoms with E-state index in [4.69, 9.17) is 14.6 Å². The summed E-state index contributed by atoms with van der Waals surface area (Å²) < 4.78 is 11.2. The third-order valence-corrected chi connectivity index (χ3v) is 2.86. The number of aliphatic hydroxyl groups is 1. The maximum absolute atomic E-state index is 8.70. The van der Waals surface area contributed by atoms with Crippen LogP contribution in [0.1, 0.15) is 11.1 Å². The van der Waals surface area contributed by atoms with Gasteiger partial charge in [-0.1, -0.05) is 30.0 Å².